The Balaban J connectivity index is -0.00000159. The van der Waals surface area contributed by atoms with E-state index in [1.807, 2.05) is 39.7 Å². The van der Waals surface area contributed by atoms with Gasteiger partial charge in [-0.25, -0.2) is 0 Å². The molecule has 0 saturated carbocycles. The van der Waals surface area contributed by atoms with Crippen LogP contribution in [-0.4, -0.2) is 24.9 Å². The smallest absolute Gasteiger partial charge is 0.164 e. The Hall–Kier alpha value is -2.45. The van der Waals surface area contributed by atoms with Crippen LogP contribution in [0.4, 0.5) is 5.69 Å². The summed E-state index contributed by atoms with van der Waals surface area (Å²) in [5, 5.41) is 3.36. The normalized spacial score (nSPS) is 10.4. The number of anilines is 1. The molecular formula is C27H45NO3. The third kappa shape index (κ3) is 11.5. The first kappa shape index (κ1) is 30.7. The molecule has 1 rings (SSSR count). The van der Waals surface area contributed by atoms with E-state index in [-0.39, 0.29) is 18.9 Å². The number of Topliss-reactive ketones (excluding diaryl/α,β-unsaturated/α-hetero) is 2. The number of rotatable bonds is 13. The standard InChI is InChI=1S/C24H35NO2.C2H6.CH2O.H2/c1-6-9-10-11-16-25-22-15-12-14-21(24(22)19(5)26)23(27)17-20(13-7-2)18(4)8-3;2*1-2;/h12,14-15,20,25H,3,6-7,9-11,13,16-17H2,1-2,4-5H3;1-2H3;1H2;1H. The molecule has 1 aromatic rings. The topological polar surface area (TPSA) is 63.2 Å². The lowest BCUT2D eigenvalue weighted by molar-refractivity contribution is -0.0980. The summed E-state index contributed by atoms with van der Waals surface area (Å²) in [5.74, 6) is 0.0754. The minimum Gasteiger partial charge on any atom is -0.384 e. The first-order chi connectivity index (χ1) is 15.0. The van der Waals surface area contributed by atoms with E-state index in [1.54, 1.807) is 6.07 Å². The fourth-order valence-corrected chi connectivity index (χ4v) is 3.38. The Bertz CT molecular complexity index is 709. The monoisotopic (exact) mass is 431 g/mol. The second kappa shape index (κ2) is 19.5. The maximum atomic E-state index is 13.0. The van der Waals surface area contributed by atoms with Gasteiger partial charge in [-0.05, 0) is 44.2 Å². The molecule has 1 N–H and O–H groups in total. The summed E-state index contributed by atoms with van der Waals surface area (Å²) in [7, 11) is 0. The molecule has 0 saturated heterocycles. The number of benzene rings is 1. The molecule has 0 spiro atoms. The summed E-state index contributed by atoms with van der Waals surface area (Å²) >= 11 is 0. The Morgan fingerprint density at radius 1 is 1.06 bits per heavy atom. The Morgan fingerprint density at radius 3 is 2.23 bits per heavy atom. The van der Waals surface area contributed by atoms with E-state index in [9.17, 15) is 9.59 Å². The maximum absolute atomic E-state index is 13.0. The van der Waals surface area contributed by atoms with Crippen LogP contribution >= 0.6 is 0 Å². The van der Waals surface area contributed by atoms with E-state index in [4.69, 9.17) is 4.79 Å². The van der Waals surface area contributed by atoms with E-state index in [2.05, 4.69) is 31.5 Å². The van der Waals surface area contributed by atoms with E-state index in [0.717, 1.165) is 37.1 Å². The number of hydrogen-bond donors (Lipinski definition) is 1. The zero-order valence-electron chi connectivity index (χ0n) is 20.6. The average molecular weight is 432 g/mol. The van der Waals surface area contributed by atoms with Crippen LogP contribution in [-0.2, 0) is 4.79 Å². The number of unbranched alkanes of at least 4 members (excludes halogenated alkanes) is 3. The van der Waals surface area contributed by atoms with Gasteiger partial charge in [0.15, 0.2) is 11.6 Å². The fraction of sp³-hybridized carbons (Fsp3) is 0.556. The molecular weight excluding hydrogens is 386 g/mol. The first-order valence-corrected chi connectivity index (χ1v) is 11.5. The summed E-state index contributed by atoms with van der Waals surface area (Å²) < 4.78 is 0. The summed E-state index contributed by atoms with van der Waals surface area (Å²) in [6.07, 6.45) is 6.95. The van der Waals surface area contributed by atoms with Gasteiger partial charge in [0.25, 0.3) is 0 Å². The highest BCUT2D eigenvalue weighted by atomic mass is 16.1. The number of allylic oxidation sites excluding steroid dienone is 1. The zero-order chi connectivity index (χ0) is 24.2. The lowest BCUT2D eigenvalue weighted by Gasteiger charge is -2.17. The molecule has 1 unspecified atom stereocenters. The van der Waals surface area contributed by atoms with Crippen molar-refractivity contribution in [3.63, 3.8) is 0 Å². The maximum Gasteiger partial charge on any atom is 0.164 e. The second-order valence-electron chi connectivity index (χ2n) is 7.24. The van der Waals surface area contributed by atoms with Gasteiger partial charge in [0, 0.05) is 25.6 Å². The van der Waals surface area contributed by atoms with E-state index >= 15 is 0 Å². The largest absolute Gasteiger partial charge is 0.384 e. The second-order valence-corrected chi connectivity index (χ2v) is 7.24. The quantitative estimate of drug-likeness (QED) is 0.197. The Morgan fingerprint density at radius 2 is 1.71 bits per heavy atom. The fourth-order valence-electron chi connectivity index (χ4n) is 3.38. The molecule has 0 aliphatic carbocycles. The minimum absolute atomic E-state index is 0. The van der Waals surface area contributed by atoms with Gasteiger partial charge in [-0.15, -0.1) is 5.73 Å². The van der Waals surface area contributed by atoms with Gasteiger partial charge in [-0.1, -0.05) is 72.1 Å². The van der Waals surface area contributed by atoms with Crippen molar-refractivity contribution < 1.29 is 15.8 Å². The van der Waals surface area contributed by atoms with Crippen LogP contribution < -0.4 is 5.32 Å². The summed E-state index contributed by atoms with van der Waals surface area (Å²) in [4.78, 5) is 33.3. The van der Waals surface area contributed by atoms with Gasteiger partial charge in [-0.2, -0.15) is 0 Å². The summed E-state index contributed by atoms with van der Waals surface area (Å²) in [6, 6.07) is 5.53. The van der Waals surface area contributed by atoms with Crippen LogP contribution in [0.15, 0.2) is 36.1 Å². The van der Waals surface area contributed by atoms with Gasteiger partial charge in [0.2, 0.25) is 0 Å². The number of carbonyl (C=O) groups excluding carboxylic acids is 3. The molecule has 0 amide bonds. The number of carbonyl (C=O) groups is 3. The van der Waals surface area contributed by atoms with Crippen molar-refractivity contribution in [3.05, 3.63) is 47.2 Å². The molecule has 31 heavy (non-hydrogen) atoms. The highest BCUT2D eigenvalue weighted by molar-refractivity contribution is 6.11. The lowest BCUT2D eigenvalue weighted by Crippen LogP contribution is -2.15. The van der Waals surface area contributed by atoms with E-state index < -0.39 is 0 Å². The van der Waals surface area contributed by atoms with Crippen LogP contribution in [0.25, 0.3) is 0 Å². The minimum atomic E-state index is -0.0713. The molecule has 1 aromatic carbocycles. The predicted molar refractivity (Wildman–Crippen MR) is 135 cm³/mol. The summed E-state index contributed by atoms with van der Waals surface area (Å²) in [6.45, 7) is 18.3. The van der Waals surface area contributed by atoms with Crippen molar-refractivity contribution in [3.8, 4) is 0 Å². The van der Waals surface area contributed by atoms with Gasteiger partial charge < -0.3 is 10.1 Å². The van der Waals surface area contributed by atoms with Crippen molar-refractivity contribution in [2.45, 2.75) is 86.5 Å². The molecule has 0 radical (unpaired) electrons. The third-order valence-corrected chi connectivity index (χ3v) is 5.02. The molecule has 1 atom stereocenters. The average Bonchev–Trinajstić information content (AvgIpc) is 2.80. The number of ketones is 2. The number of hydrogen-bond acceptors (Lipinski definition) is 4. The highest BCUT2D eigenvalue weighted by Crippen LogP contribution is 2.27. The molecule has 176 valence electrons. The SMILES string of the molecule is C=C=C(C)C(CCC)CC(=O)c1cccc(NCCCCCC)c1C(C)=O.C=O.CC.[HH]. The predicted octanol–water partition coefficient (Wildman–Crippen LogP) is 7.69. The van der Waals surface area contributed by atoms with E-state index in [1.165, 1.54) is 26.2 Å². The van der Waals surface area contributed by atoms with Gasteiger partial charge in [-0.3, -0.25) is 9.59 Å². The molecule has 4 heteroatoms. The molecule has 0 aromatic heterocycles. The Kier molecular flexibility index (Phi) is 19.3. The molecule has 0 aliphatic heterocycles. The molecule has 0 bridgehead atoms. The molecule has 0 aliphatic rings. The van der Waals surface area contributed by atoms with Gasteiger partial charge >= 0.3 is 0 Å². The summed E-state index contributed by atoms with van der Waals surface area (Å²) in [5.41, 5.74) is 5.77. The zero-order valence-corrected chi connectivity index (χ0v) is 20.6. The van der Waals surface area contributed by atoms with Crippen LogP contribution in [0, 0.1) is 5.92 Å². The number of nitrogens with one attached hydrogen (secondary N) is 1. The first-order valence-electron chi connectivity index (χ1n) is 11.5. The third-order valence-electron chi connectivity index (χ3n) is 5.02. The molecule has 4 nitrogen and oxygen atoms in total. The van der Waals surface area contributed by atoms with Crippen LogP contribution in [0.1, 0.15) is 109 Å². The molecule has 0 fully saturated rings. The molecule has 0 heterocycles. The van der Waals surface area contributed by atoms with Crippen molar-refractivity contribution in [1.82, 2.24) is 0 Å². The van der Waals surface area contributed by atoms with Crippen molar-refractivity contribution in [2.24, 2.45) is 5.92 Å². The van der Waals surface area contributed by atoms with Gasteiger partial charge in [0.1, 0.15) is 6.79 Å². The lowest BCUT2D eigenvalue weighted by atomic mass is 9.87. The Labute approximate surface area is 191 Å². The van der Waals surface area contributed by atoms with E-state index in [0.29, 0.717) is 17.5 Å². The van der Waals surface area contributed by atoms with Crippen LogP contribution in [0.5, 0.6) is 0 Å². The van der Waals surface area contributed by atoms with Gasteiger partial charge in [0.05, 0.1) is 5.56 Å². The van der Waals surface area contributed by atoms with Crippen molar-refractivity contribution >= 4 is 24.0 Å². The van der Waals surface area contributed by atoms with Crippen LogP contribution in [0.3, 0.4) is 0 Å². The van der Waals surface area contributed by atoms with Crippen LogP contribution in [0.2, 0.25) is 0 Å². The highest BCUT2D eigenvalue weighted by Gasteiger charge is 2.22. The van der Waals surface area contributed by atoms with Crippen molar-refractivity contribution in [2.75, 3.05) is 11.9 Å². The van der Waals surface area contributed by atoms with Crippen molar-refractivity contribution in [1.29, 1.82) is 0 Å².